The Hall–Kier alpha value is -2.77. The Morgan fingerprint density at radius 3 is 2.76 bits per heavy atom. The largest absolute Gasteiger partial charge is 0.493 e. The van der Waals surface area contributed by atoms with Gasteiger partial charge in [-0.25, -0.2) is 10.1 Å². The van der Waals surface area contributed by atoms with Crippen LogP contribution in [0.1, 0.15) is 18.3 Å². The Bertz CT molecular complexity index is 638. The minimum Gasteiger partial charge on any atom is -0.493 e. The zero-order valence-corrected chi connectivity index (χ0v) is 12.2. The van der Waals surface area contributed by atoms with E-state index in [4.69, 9.17) is 15.3 Å². The third kappa shape index (κ3) is 3.04. The quantitative estimate of drug-likeness (QED) is 0.468. The number of hydrogen-bond acceptors (Lipinski definition) is 7. The van der Waals surface area contributed by atoms with Crippen molar-refractivity contribution in [2.75, 3.05) is 25.5 Å². The lowest BCUT2D eigenvalue weighted by atomic mass is 10.2. The number of para-hydroxylation sites is 1. The molecule has 0 fully saturated rings. The molecule has 1 heterocycles. The van der Waals surface area contributed by atoms with E-state index < -0.39 is 0 Å². The second-order valence-electron chi connectivity index (χ2n) is 4.12. The first kappa shape index (κ1) is 14.6. The highest BCUT2D eigenvalue weighted by molar-refractivity contribution is 5.85. The first-order valence-electron chi connectivity index (χ1n) is 6.40. The highest BCUT2D eigenvalue weighted by Crippen LogP contribution is 2.29. The molecular formula is C13H18N6O2. The summed E-state index contributed by atoms with van der Waals surface area (Å²) in [5.41, 5.74) is 3.51. The van der Waals surface area contributed by atoms with Crippen LogP contribution < -0.4 is 20.7 Å². The molecule has 112 valence electrons. The van der Waals surface area contributed by atoms with E-state index in [-0.39, 0.29) is 0 Å². The van der Waals surface area contributed by atoms with Crippen molar-refractivity contribution < 1.29 is 9.47 Å². The van der Waals surface area contributed by atoms with Crippen LogP contribution in [0, 0.1) is 0 Å². The fraction of sp³-hybridized carbons (Fsp3) is 0.308. The number of rotatable bonds is 6. The summed E-state index contributed by atoms with van der Waals surface area (Å²) in [7, 11) is 3.16. The average molecular weight is 290 g/mol. The molecule has 2 rings (SSSR count). The van der Waals surface area contributed by atoms with E-state index in [1.54, 1.807) is 20.4 Å². The fourth-order valence-corrected chi connectivity index (χ4v) is 1.81. The molecule has 0 spiro atoms. The molecule has 21 heavy (non-hydrogen) atoms. The summed E-state index contributed by atoms with van der Waals surface area (Å²) in [4.78, 5) is 0. The monoisotopic (exact) mass is 290 g/mol. The van der Waals surface area contributed by atoms with Gasteiger partial charge in [-0.1, -0.05) is 13.0 Å². The molecule has 0 aliphatic heterocycles. The second-order valence-corrected chi connectivity index (χ2v) is 4.12. The van der Waals surface area contributed by atoms with Gasteiger partial charge >= 0.3 is 0 Å². The standard InChI is InChI=1S/C13H18N6O2/c1-4-11-16-18-13(19(11)14)17-15-8-9-6-5-7-10(20-2)12(9)21-3/h5-8H,4,14H2,1-3H3,(H,17,18)/b15-8+. The molecule has 0 atom stereocenters. The maximum Gasteiger partial charge on any atom is 0.263 e. The van der Waals surface area contributed by atoms with Crippen LogP contribution in [0.5, 0.6) is 11.5 Å². The molecule has 0 aliphatic rings. The number of ether oxygens (including phenoxy) is 2. The number of hydrazone groups is 1. The zero-order valence-electron chi connectivity index (χ0n) is 12.2. The topological polar surface area (TPSA) is 99.6 Å². The van der Waals surface area contributed by atoms with Crippen LogP contribution in [-0.2, 0) is 6.42 Å². The lowest BCUT2D eigenvalue weighted by molar-refractivity contribution is 0.354. The van der Waals surface area contributed by atoms with Gasteiger partial charge in [0.05, 0.1) is 20.4 Å². The van der Waals surface area contributed by atoms with Gasteiger partial charge in [0.1, 0.15) is 0 Å². The van der Waals surface area contributed by atoms with E-state index in [1.807, 2.05) is 25.1 Å². The summed E-state index contributed by atoms with van der Waals surface area (Å²) >= 11 is 0. The van der Waals surface area contributed by atoms with Crippen molar-refractivity contribution in [3.63, 3.8) is 0 Å². The molecule has 0 saturated heterocycles. The Morgan fingerprint density at radius 2 is 2.14 bits per heavy atom. The number of aromatic nitrogens is 3. The molecule has 1 aromatic carbocycles. The van der Waals surface area contributed by atoms with Gasteiger partial charge in [0, 0.05) is 12.0 Å². The summed E-state index contributed by atoms with van der Waals surface area (Å²) in [6, 6.07) is 5.52. The van der Waals surface area contributed by atoms with Gasteiger partial charge in [-0.3, -0.25) is 0 Å². The van der Waals surface area contributed by atoms with Gasteiger partial charge in [0.15, 0.2) is 17.3 Å². The molecular weight excluding hydrogens is 272 g/mol. The van der Waals surface area contributed by atoms with Crippen LogP contribution in [0.25, 0.3) is 0 Å². The summed E-state index contributed by atoms with van der Waals surface area (Å²) < 4.78 is 11.9. The Balaban J connectivity index is 2.16. The fourth-order valence-electron chi connectivity index (χ4n) is 1.81. The van der Waals surface area contributed by atoms with Crippen LogP contribution in [0.15, 0.2) is 23.3 Å². The second kappa shape index (κ2) is 6.60. The van der Waals surface area contributed by atoms with Crippen LogP contribution in [0.4, 0.5) is 5.95 Å². The average Bonchev–Trinajstić information content (AvgIpc) is 2.87. The van der Waals surface area contributed by atoms with E-state index in [1.165, 1.54) is 4.68 Å². The van der Waals surface area contributed by atoms with Crippen LogP contribution >= 0.6 is 0 Å². The van der Waals surface area contributed by atoms with E-state index in [0.29, 0.717) is 29.7 Å². The highest BCUT2D eigenvalue weighted by Gasteiger charge is 2.08. The van der Waals surface area contributed by atoms with Gasteiger partial charge < -0.3 is 15.3 Å². The van der Waals surface area contributed by atoms with Crippen LogP contribution in [-0.4, -0.2) is 35.3 Å². The summed E-state index contributed by atoms with van der Waals surface area (Å²) in [5, 5.41) is 11.9. The van der Waals surface area contributed by atoms with Crippen LogP contribution in [0.3, 0.4) is 0 Å². The molecule has 0 amide bonds. The van der Waals surface area contributed by atoms with E-state index >= 15 is 0 Å². The van der Waals surface area contributed by atoms with Gasteiger partial charge in [-0.15, -0.1) is 10.2 Å². The molecule has 0 unspecified atom stereocenters. The minimum absolute atomic E-state index is 0.366. The Morgan fingerprint density at radius 1 is 1.33 bits per heavy atom. The number of nitrogens with two attached hydrogens (primary N) is 1. The minimum atomic E-state index is 0.366. The van der Waals surface area contributed by atoms with Crippen molar-refractivity contribution >= 4 is 12.2 Å². The molecule has 0 radical (unpaired) electrons. The van der Waals surface area contributed by atoms with Crippen LogP contribution in [0.2, 0.25) is 0 Å². The predicted octanol–water partition coefficient (Wildman–Crippen LogP) is 1.02. The molecule has 0 bridgehead atoms. The third-order valence-corrected chi connectivity index (χ3v) is 2.88. The number of benzene rings is 1. The summed E-state index contributed by atoms with van der Waals surface area (Å²) in [6.45, 7) is 1.95. The molecule has 8 heteroatoms. The first-order chi connectivity index (χ1) is 10.2. The Kier molecular flexibility index (Phi) is 4.60. The number of nitrogens with zero attached hydrogens (tertiary/aromatic N) is 4. The number of nitrogens with one attached hydrogen (secondary N) is 1. The number of nitrogen functional groups attached to an aromatic ring is 1. The smallest absolute Gasteiger partial charge is 0.263 e. The number of hydrogen-bond donors (Lipinski definition) is 2. The van der Waals surface area contributed by atoms with Crippen molar-refractivity contribution in [3.8, 4) is 11.5 Å². The SMILES string of the molecule is CCc1nnc(N/N=C/c2cccc(OC)c2OC)n1N. The molecule has 0 aliphatic carbocycles. The predicted molar refractivity (Wildman–Crippen MR) is 80.3 cm³/mol. The van der Waals surface area contributed by atoms with Crippen molar-refractivity contribution in [3.05, 3.63) is 29.6 Å². The molecule has 8 nitrogen and oxygen atoms in total. The van der Waals surface area contributed by atoms with E-state index in [9.17, 15) is 0 Å². The normalized spacial score (nSPS) is 10.8. The molecule has 2 aromatic rings. The summed E-state index contributed by atoms with van der Waals surface area (Å²) in [5.74, 6) is 8.09. The first-order valence-corrected chi connectivity index (χ1v) is 6.40. The van der Waals surface area contributed by atoms with Gasteiger partial charge in [-0.2, -0.15) is 5.10 Å². The van der Waals surface area contributed by atoms with Crippen molar-refractivity contribution in [2.45, 2.75) is 13.3 Å². The van der Waals surface area contributed by atoms with Gasteiger partial charge in [-0.05, 0) is 12.1 Å². The van der Waals surface area contributed by atoms with Crippen molar-refractivity contribution in [1.82, 2.24) is 14.9 Å². The summed E-state index contributed by atoms with van der Waals surface area (Å²) in [6.07, 6.45) is 2.29. The number of aryl methyl sites for hydroxylation is 1. The zero-order chi connectivity index (χ0) is 15.2. The molecule has 0 saturated carbocycles. The lowest BCUT2D eigenvalue weighted by Crippen LogP contribution is -2.14. The highest BCUT2D eigenvalue weighted by atomic mass is 16.5. The molecule has 1 aromatic heterocycles. The van der Waals surface area contributed by atoms with E-state index in [0.717, 1.165) is 5.56 Å². The molecule has 3 N–H and O–H groups in total. The van der Waals surface area contributed by atoms with Crippen molar-refractivity contribution in [2.24, 2.45) is 5.10 Å². The maximum absolute atomic E-state index is 5.81. The Labute approximate surface area is 122 Å². The van der Waals surface area contributed by atoms with E-state index in [2.05, 4.69) is 20.7 Å². The number of methoxy groups -OCH3 is 2. The van der Waals surface area contributed by atoms with Gasteiger partial charge in [0.2, 0.25) is 0 Å². The lowest BCUT2D eigenvalue weighted by Gasteiger charge is -2.09. The third-order valence-electron chi connectivity index (χ3n) is 2.88. The van der Waals surface area contributed by atoms with Gasteiger partial charge in [0.25, 0.3) is 5.95 Å². The van der Waals surface area contributed by atoms with Crippen molar-refractivity contribution in [1.29, 1.82) is 0 Å². The maximum atomic E-state index is 5.81. The number of anilines is 1.